The molecule has 0 bridgehead atoms. The van der Waals surface area contributed by atoms with Crippen molar-refractivity contribution in [3.8, 4) is 0 Å². The third-order valence-corrected chi connectivity index (χ3v) is 4.57. The molecule has 5 heteroatoms. The lowest BCUT2D eigenvalue weighted by atomic mass is 10.1. The molecular weight excluding hydrogens is 310 g/mol. The number of benzene rings is 1. The van der Waals surface area contributed by atoms with Gasteiger partial charge in [0, 0.05) is 31.9 Å². The molecule has 140 valence electrons. The minimum atomic E-state index is 0.231. The van der Waals surface area contributed by atoms with Crippen molar-refractivity contribution in [2.45, 2.75) is 39.2 Å². The molecule has 0 aromatic heterocycles. The highest BCUT2D eigenvalue weighted by Gasteiger charge is 2.14. The maximum absolute atomic E-state index is 4.71. The Bertz CT molecular complexity index is 535. The first-order valence-corrected chi connectivity index (χ1v) is 9.64. The predicted octanol–water partition coefficient (Wildman–Crippen LogP) is 2.85. The highest BCUT2D eigenvalue weighted by Crippen LogP contribution is 2.23. The van der Waals surface area contributed by atoms with Gasteiger partial charge in [-0.1, -0.05) is 12.1 Å². The monoisotopic (exact) mass is 345 g/mol. The second-order valence-corrected chi connectivity index (χ2v) is 7.07. The van der Waals surface area contributed by atoms with Crippen LogP contribution in [0, 0.1) is 0 Å². The SMILES string of the molecule is CCNC(=NCCCN(C)C)NC(C)c1cccc(N2CCCC2)c1. The molecule has 1 fully saturated rings. The van der Waals surface area contributed by atoms with Crippen LogP contribution in [0.1, 0.15) is 44.7 Å². The zero-order valence-corrected chi connectivity index (χ0v) is 16.4. The van der Waals surface area contributed by atoms with Gasteiger partial charge in [0.05, 0.1) is 6.04 Å². The quantitative estimate of drug-likeness (QED) is 0.432. The van der Waals surface area contributed by atoms with Crippen molar-refractivity contribution >= 4 is 11.6 Å². The van der Waals surface area contributed by atoms with Gasteiger partial charge < -0.3 is 20.4 Å². The molecule has 2 rings (SSSR count). The van der Waals surface area contributed by atoms with E-state index in [2.05, 4.69) is 72.6 Å². The normalized spacial score (nSPS) is 16.4. The number of aliphatic imine (C=N–C) groups is 1. The van der Waals surface area contributed by atoms with Crippen molar-refractivity contribution in [1.29, 1.82) is 0 Å². The maximum atomic E-state index is 4.71. The molecule has 0 radical (unpaired) electrons. The van der Waals surface area contributed by atoms with E-state index in [1.165, 1.54) is 37.2 Å². The first kappa shape index (κ1) is 19.6. The van der Waals surface area contributed by atoms with Gasteiger partial charge in [-0.2, -0.15) is 0 Å². The summed E-state index contributed by atoms with van der Waals surface area (Å²) in [6, 6.07) is 9.14. The van der Waals surface area contributed by atoms with Crippen molar-refractivity contribution in [2.75, 3.05) is 51.7 Å². The van der Waals surface area contributed by atoms with Crippen molar-refractivity contribution in [2.24, 2.45) is 4.99 Å². The lowest BCUT2D eigenvalue weighted by Crippen LogP contribution is -2.39. The van der Waals surface area contributed by atoms with Crippen molar-refractivity contribution in [3.63, 3.8) is 0 Å². The van der Waals surface area contributed by atoms with E-state index in [1.807, 2.05) is 0 Å². The highest BCUT2D eigenvalue weighted by molar-refractivity contribution is 5.80. The second-order valence-electron chi connectivity index (χ2n) is 7.07. The fourth-order valence-corrected chi connectivity index (χ4v) is 3.15. The van der Waals surface area contributed by atoms with Crippen molar-refractivity contribution in [1.82, 2.24) is 15.5 Å². The van der Waals surface area contributed by atoms with Gasteiger partial charge >= 0.3 is 0 Å². The summed E-state index contributed by atoms with van der Waals surface area (Å²) in [7, 11) is 4.20. The Labute approximate surface area is 153 Å². The van der Waals surface area contributed by atoms with E-state index >= 15 is 0 Å². The molecular formula is C20H35N5. The standard InChI is InChI=1S/C20H35N5/c1-5-21-20(22-12-9-13-24(3)4)23-17(2)18-10-8-11-19(16-18)25-14-6-7-15-25/h8,10-11,16-17H,5-7,9,12-15H2,1-4H3,(H2,21,22,23). The van der Waals surface area contributed by atoms with E-state index < -0.39 is 0 Å². The van der Waals surface area contributed by atoms with Crippen LogP contribution in [0.3, 0.4) is 0 Å². The van der Waals surface area contributed by atoms with Crippen LogP contribution in [0.15, 0.2) is 29.3 Å². The third-order valence-electron chi connectivity index (χ3n) is 4.57. The Morgan fingerprint density at radius 1 is 1.28 bits per heavy atom. The molecule has 25 heavy (non-hydrogen) atoms. The first-order valence-electron chi connectivity index (χ1n) is 9.64. The van der Waals surface area contributed by atoms with Crippen LogP contribution in [-0.2, 0) is 0 Å². The summed E-state index contributed by atoms with van der Waals surface area (Å²) < 4.78 is 0. The van der Waals surface area contributed by atoms with Gasteiger partial charge in [0.25, 0.3) is 0 Å². The minimum absolute atomic E-state index is 0.231. The molecule has 1 aliphatic heterocycles. The fraction of sp³-hybridized carbons (Fsp3) is 0.650. The van der Waals surface area contributed by atoms with Crippen LogP contribution in [0.25, 0.3) is 0 Å². The van der Waals surface area contributed by atoms with Crippen LogP contribution in [0.4, 0.5) is 5.69 Å². The Balaban J connectivity index is 1.96. The van der Waals surface area contributed by atoms with Crippen LogP contribution < -0.4 is 15.5 Å². The minimum Gasteiger partial charge on any atom is -0.372 e. The summed E-state index contributed by atoms with van der Waals surface area (Å²) in [6.07, 6.45) is 3.69. The number of guanidine groups is 1. The van der Waals surface area contributed by atoms with E-state index in [0.29, 0.717) is 0 Å². The van der Waals surface area contributed by atoms with Crippen LogP contribution in [0.2, 0.25) is 0 Å². The highest BCUT2D eigenvalue weighted by atomic mass is 15.2. The summed E-state index contributed by atoms with van der Waals surface area (Å²) in [5.74, 6) is 0.903. The number of anilines is 1. The number of nitrogens with one attached hydrogen (secondary N) is 2. The smallest absolute Gasteiger partial charge is 0.191 e. The average Bonchev–Trinajstić information content (AvgIpc) is 3.13. The Hall–Kier alpha value is -1.75. The third kappa shape index (κ3) is 6.58. The van der Waals surface area contributed by atoms with Gasteiger partial charge in [0.15, 0.2) is 5.96 Å². The molecule has 0 spiro atoms. The Morgan fingerprint density at radius 3 is 2.72 bits per heavy atom. The molecule has 1 aromatic carbocycles. The largest absolute Gasteiger partial charge is 0.372 e. The first-order chi connectivity index (χ1) is 12.1. The molecule has 0 saturated carbocycles. The van der Waals surface area contributed by atoms with Gasteiger partial charge in [-0.25, -0.2) is 0 Å². The molecule has 1 aliphatic rings. The molecule has 1 unspecified atom stereocenters. The predicted molar refractivity (Wildman–Crippen MR) is 109 cm³/mol. The molecule has 0 aliphatic carbocycles. The number of hydrogen-bond donors (Lipinski definition) is 2. The fourth-order valence-electron chi connectivity index (χ4n) is 3.15. The lowest BCUT2D eigenvalue weighted by molar-refractivity contribution is 0.403. The van der Waals surface area contributed by atoms with Crippen LogP contribution in [0.5, 0.6) is 0 Å². The molecule has 1 saturated heterocycles. The molecule has 2 N–H and O–H groups in total. The van der Waals surface area contributed by atoms with Gasteiger partial charge in [-0.3, -0.25) is 4.99 Å². The van der Waals surface area contributed by atoms with Gasteiger partial charge in [0.2, 0.25) is 0 Å². The number of nitrogens with zero attached hydrogens (tertiary/aromatic N) is 3. The van der Waals surface area contributed by atoms with E-state index in [9.17, 15) is 0 Å². The number of hydrogen-bond acceptors (Lipinski definition) is 3. The van der Waals surface area contributed by atoms with Gasteiger partial charge in [-0.15, -0.1) is 0 Å². The van der Waals surface area contributed by atoms with Gasteiger partial charge in [-0.05, 0) is 71.4 Å². The zero-order valence-electron chi connectivity index (χ0n) is 16.4. The van der Waals surface area contributed by atoms with Crippen LogP contribution in [-0.4, -0.2) is 57.7 Å². The van der Waals surface area contributed by atoms with E-state index in [1.54, 1.807) is 0 Å². The Kier molecular flexibility index (Phi) is 8.06. The van der Waals surface area contributed by atoms with Crippen molar-refractivity contribution in [3.05, 3.63) is 29.8 Å². The van der Waals surface area contributed by atoms with E-state index in [-0.39, 0.29) is 6.04 Å². The summed E-state index contributed by atoms with van der Waals surface area (Å²) in [6.45, 7) is 9.46. The number of rotatable bonds is 8. The maximum Gasteiger partial charge on any atom is 0.191 e. The summed E-state index contributed by atoms with van der Waals surface area (Å²) >= 11 is 0. The van der Waals surface area contributed by atoms with Crippen molar-refractivity contribution < 1.29 is 0 Å². The Morgan fingerprint density at radius 2 is 2.04 bits per heavy atom. The molecule has 5 nitrogen and oxygen atoms in total. The second kappa shape index (κ2) is 10.3. The van der Waals surface area contributed by atoms with Gasteiger partial charge in [0.1, 0.15) is 0 Å². The molecule has 1 atom stereocenters. The average molecular weight is 346 g/mol. The summed E-state index contributed by atoms with van der Waals surface area (Å²) in [4.78, 5) is 9.39. The van der Waals surface area contributed by atoms with E-state index in [4.69, 9.17) is 4.99 Å². The van der Waals surface area contributed by atoms with Crippen LogP contribution >= 0.6 is 0 Å². The molecule has 1 heterocycles. The summed E-state index contributed by atoms with van der Waals surface area (Å²) in [5, 5.41) is 6.90. The molecule has 1 aromatic rings. The lowest BCUT2D eigenvalue weighted by Gasteiger charge is -2.22. The zero-order chi connectivity index (χ0) is 18.1. The molecule has 0 amide bonds. The topological polar surface area (TPSA) is 42.9 Å². The summed E-state index contributed by atoms with van der Waals surface area (Å²) in [5.41, 5.74) is 2.65. The van der Waals surface area contributed by atoms with E-state index in [0.717, 1.165) is 32.0 Å².